The molecule has 86 valence electrons. The van der Waals surface area contributed by atoms with Gasteiger partial charge in [0.2, 0.25) is 11.7 Å². The average Bonchev–Trinajstić information content (AvgIpc) is 2.66. The molecule has 1 heterocycles. The van der Waals surface area contributed by atoms with Crippen LogP contribution in [-0.4, -0.2) is 23.3 Å². The van der Waals surface area contributed by atoms with Crippen molar-refractivity contribution in [1.82, 2.24) is 10.1 Å². The highest BCUT2D eigenvalue weighted by atomic mass is 16.5. The molecule has 0 fully saturated rings. The Bertz CT molecular complexity index is 309. The van der Waals surface area contributed by atoms with Crippen molar-refractivity contribution in [3.63, 3.8) is 0 Å². The van der Waals surface area contributed by atoms with E-state index in [0.29, 0.717) is 18.1 Å². The molecule has 5 nitrogen and oxygen atoms in total. The van der Waals surface area contributed by atoms with Crippen molar-refractivity contribution in [3.8, 4) is 0 Å². The monoisotopic (exact) mass is 213 g/mol. The molecule has 1 atom stereocenters. The van der Waals surface area contributed by atoms with Crippen LogP contribution in [0.2, 0.25) is 0 Å². The molecule has 15 heavy (non-hydrogen) atoms. The van der Waals surface area contributed by atoms with Gasteiger partial charge in [-0.15, -0.1) is 0 Å². The van der Waals surface area contributed by atoms with Gasteiger partial charge in [-0.1, -0.05) is 12.1 Å². The minimum absolute atomic E-state index is 0.0731. The van der Waals surface area contributed by atoms with Crippen molar-refractivity contribution in [1.29, 1.82) is 0 Å². The van der Waals surface area contributed by atoms with Crippen LogP contribution in [0, 0.1) is 0 Å². The number of nitrogens with zero attached hydrogens (tertiary/aromatic N) is 2. The Morgan fingerprint density at radius 2 is 2.20 bits per heavy atom. The van der Waals surface area contributed by atoms with E-state index >= 15 is 0 Å². The summed E-state index contributed by atoms with van der Waals surface area (Å²) in [5.74, 6) is 1.13. The molecular weight excluding hydrogens is 194 g/mol. The summed E-state index contributed by atoms with van der Waals surface area (Å²) in [6.45, 7) is 5.81. The summed E-state index contributed by atoms with van der Waals surface area (Å²) in [6, 6.07) is 0.0731. The van der Waals surface area contributed by atoms with Crippen LogP contribution in [0.15, 0.2) is 4.52 Å². The first kappa shape index (κ1) is 12.1. The second-order valence-corrected chi connectivity index (χ2v) is 4.10. The lowest BCUT2D eigenvalue weighted by Crippen LogP contribution is -2.23. The summed E-state index contributed by atoms with van der Waals surface area (Å²) < 4.78 is 10.4. The molecule has 5 heteroatoms. The van der Waals surface area contributed by atoms with Crippen molar-refractivity contribution in [3.05, 3.63) is 11.7 Å². The quantitative estimate of drug-likeness (QED) is 0.796. The van der Waals surface area contributed by atoms with Crippen molar-refractivity contribution in [2.45, 2.75) is 45.3 Å². The fourth-order valence-corrected chi connectivity index (χ4v) is 1.04. The minimum atomic E-state index is -0.516. The highest BCUT2D eigenvalue weighted by Crippen LogP contribution is 2.20. The zero-order chi connectivity index (χ0) is 11.5. The summed E-state index contributed by atoms with van der Waals surface area (Å²) in [5.41, 5.74) is 5.28. The highest BCUT2D eigenvalue weighted by Gasteiger charge is 2.26. The summed E-state index contributed by atoms with van der Waals surface area (Å²) in [7, 11) is 1.62. The molecular formula is C10H19N3O2. The van der Waals surface area contributed by atoms with E-state index < -0.39 is 5.60 Å². The van der Waals surface area contributed by atoms with E-state index in [9.17, 15) is 0 Å². The predicted octanol–water partition coefficient (Wildman–Crippen LogP) is 1.23. The summed E-state index contributed by atoms with van der Waals surface area (Å²) in [5, 5.41) is 3.88. The molecule has 0 saturated carbocycles. The number of ether oxygens (including phenoxy) is 1. The molecule has 2 N–H and O–H groups in total. The Hall–Kier alpha value is -0.940. The molecule has 0 aliphatic carbocycles. The van der Waals surface area contributed by atoms with Crippen LogP contribution in [0.5, 0.6) is 0 Å². The first-order valence-corrected chi connectivity index (χ1v) is 5.13. The molecule has 0 aliphatic heterocycles. The molecule has 0 spiro atoms. The number of hydrogen-bond acceptors (Lipinski definition) is 5. The van der Waals surface area contributed by atoms with Gasteiger partial charge in [0, 0.05) is 19.6 Å². The molecule has 1 unspecified atom stereocenters. The highest BCUT2D eigenvalue weighted by molar-refractivity contribution is 4.98. The van der Waals surface area contributed by atoms with Gasteiger partial charge >= 0.3 is 0 Å². The first-order valence-electron chi connectivity index (χ1n) is 5.13. The second-order valence-electron chi connectivity index (χ2n) is 4.10. The largest absolute Gasteiger partial charge is 0.371 e. The molecule has 1 aromatic heterocycles. The standard InChI is InChI=1S/C10H19N3O2/c1-5-7(11)6-8-12-9(13-15-8)10(2,3)14-4/h7H,5-6,11H2,1-4H3. The molecule has 0 aliphatic rings. The zero-order valence-electron chi connectivity index (χ0n) is 9.78. The molecule has 0 bridgehead atoms. The summed E-state index contributed by atoms with van der Waals surface area (Å²) in [6.07, 6.45) is 1.51. The number of methoxy groups -OCH3 is 1. The third kappa shape index (κ3) is 3.00. The van der Waals surface area contributed by atoms with Gasteiger partial charge in [-0.3, -0.25) is 0 Å². The van der Waals surface area contributed by atoms with Crippen LogP contribution in [0.25, 0.3) is 0 Å². The van der Waals surface area contributed by atoms with E-state index in [2.05, 4.69) is 10.1 Å². The van der Waals surface area contributed by atoms with Crippen molar-refractivity contribution in [2.75, 3.05) is 7.11 Å². The fraction of sp³-hybridized carbons (Fsp3) is 0.800. The smallest absolute Gasteiger partial charge is 0.228 e. The average molecular weight is 213 g/mol. The summed E-state index contributed by atoms with van der Waals surface area (Å²) in [4.78, 5) is 4.26. The van der Waals surface area contributed by atoms with Gasteiger partial charge in [-0.2, -0.15) is 4.98 Å². The van der Waals surface area contributed by atoms with Gasteiger partial charge in [0.05, 0.1) is 0 Å². The molecule has 0 aromatic carbocycles. The Labute approximate surface area is 90.0 Å². The summed E-state index contributed by atoms with van der Waals surface area (Å²) >= 11 is 0. The molecule has 0 saturated heterocycles. The first-order chi connectivity index (χ1) is 6.99. The van der Waals surface area contributed by atoms with Gasteiger partial charge < -0.3 is 15.0 Å². The van der Waals surface area contributed by atoms with E-state index in [4.69, 9.17) is 15.0 Å². The molecule has 0 radical (unpaired) electrons. The van der Waals surface area contributed by atoms with Crippen LogP contribution in [0.3, 0.4) is 0 Å². The van der Waals surface area contributed by atoms with E-state index in [1.165, 1.54) is 0 Å². The van der Waals surface area contributed by atoms with Crippen LogP contribution >= 0.6 is 0 Å². The Balaban J connectivity index is 2.72. The van der Waals surface area contributed by atoms with E-state index in [1.807, 2.05) is 20.8 Å². The van der Waals surface area contributed by atoms with Gasteiger partial charge in [0.25, 0.3) is 0 Å². The van der Waals surface area contributed by atoms with Crippen LogP contribution in [-0.2, 0) is 16.8 Å². The third-order valence-electron chi connectivity index (χ3n) is 2.48. The van der Waals surface area contributed by atoms with E-state index in [0.717, 1.165) is 6.42 Å². The maximum atomic E-state index is 5.80. The Kier molecular flexibility index (Phi) is 3.82. The van der Waals surface area contributed by atoms with Crippen molar-refractivity contribution < 1.29 is 9.26 Å². The van der Waals surface area contributed by atoms with Crippen LogP contribution in [0.1, 0.15) is 38.9 Å². The lowest BCUT2D eigenvalue weighted by Gasteiger charge is -2.17. The second kappa shape index (κ2) is 4.72. The molecule has 0 amide bonds. The lowest BCUT2D eigenvalue weighted by atomic mass is 10.1. The number of nitrogens with two attached hydrogens (primary N) is 1. The minimum Gasteiger partial charge on any atom is -0.371 e. The number of aromatic nitrogens is 2. The zero-order valence-corrected chi connectivity index (χ0v) is 9.78. The fourth-order valence-electron chi connectivity index (χ4n) is 1.04. The molecule has 1 aromatic rings. The van der Waals surface area contributed by atoms with Crippen LogP contribution in [0.4, 0.5) is 0 Å². The van der Waals surface area contributed by atoms with Gasteiger partial charge in [-0.25, -0.2) is 0 Å². The maximum Gasteiger partial charge on any atom is 0.228 e. The van der Waals surface area contributed by atoms with Gasteiger partial charge in [0.1, 0.15) is 5.60 Å². The maximum absolute atomic E-state index is 5.80. The Morgan fingerprint density at radius 3 is 2.73 bits per heavy atom. The van der Waals surface area contributed by atoms with Gasteiger partial charge in [0.15, 0.2) is 0 Å². The number of hydrogen-bond donors (Lipinski definition) is 1. The predicted molar refractivity (Wildman–Crippen MR) is 56.3 cm³/mol. The van der Waals surface area contributed by atoms with E-state index in [-0.39, 0.29) is 6.04 Å². The topological polar surface area (TPSA) is 74.2 Å². The molecule has 1 rings (SSSR count). The third-order valence-corrected chi connectivity index (χ3v) is 2.48. The van der Waals surface area contributed by atoms with E-state index in [1.54, 1.807) is 7.11 Å². The van der Waals surface area contributed by atoms with Crippen molar-refractivity contribution >= 4 is 0 Å². The Morgan fingerprint density at radius 1 is 1.53 bits per heavy atom. The number of rotatable bonds is 5. The van der Waals surface area contributed by atoms with Crippen LogP contribution < -0.4 is 5.73 Å². The van der Waals surface area contributed by atoms with Gasteiger partial charge in [-0.05, 0) is 20.3 Å². The lowest BCUT2D eigenvalue weighted by molar-refractivity contribution is 0.00973. The van der Waals surface area contributed by atoms with Crippen molar-refractivity contribution in [2.24, 2.45) is 5.73 Å². The SMILES string of the molecule is CCC(N)Cc1nc(C(C)(C)OC)no1. The normalized spacial score (nSPS) is 14.2.